The summed E-state index contributed by atoms with van der Waals surface area (Å²) in [6.07, 6.45) is 3.81. The van der Waals surface area contributed by atoms with E-state index in [-0.39, 0.29) is 6.10 Å². The van der Waals surface area contributed by atoms with Gasteiger partial charge in [0.05, 0.1) is 11.8 Å². The van der Waals surface area contributed by atoms with Crippen LogP contribution in [0.25, 0.3) is 0 Å². The lowest BCUT2D eigenvalue weighted by molar-refractivity contribution is 0.243. The number of hydrogen-bond acceptors (Lipinski definition) is 3. The second kappa shape index (κ2) is 6.05. The smallest absolute Gasteiger partial charge is 0.142 e. The van der Waals surface area contributed by atoms with Crippen LogP contribution in [-0.4, -0.2) is 11.1 Å². The third-order valence-electron chi connectivity index (χ3n) is 2.46. The van der Waals surface area contributed by atoms with Crippen molar-refractivity contribution in [2.75, 3.05) is 5.32 Å². The Balaban J connectivity index is 2.05. The first kappa shape index (κ1) is 12.4. The van der Waals surface area contributed by atoms with E-state index in [9.17, 15) is 0 Å². The molecule has 18 heavy (non-hydrogen) atoms. The van der Waals surface area contributed by atoms with Gasteiger partial charge in [0.1, 0.15) is 5.75 Å². The molecule has 0 saturated heterocycles. The van der Waals surface area contributed by atoms with Gasteiger partial charge in [0.25, 0.3) is 0 Å². The lowest BCUT2D eigenvalue weighted by Gasteiger charge is -2.15. The molecule has 0 saturated carbocycles. The molecule has 0 fully saturated rings. The molecule has 0 radical (unpaired) electrons. The van der Waals surface area contributed by atoms with Crippen LogP contribution in [0, 0.1) is 0 Å². The first-order valence-corrected chi connectivity index (χ1v) is 6.14. The number of aromatic nitrogens is 1. The van der Waals surface area contributed by atoms with Gasteiger partial charge in [-0.15, -0.1) is 0 Å². The molecule has 0 aliphatic carbocycles. The summed E-state index contributed by atoms with van der Waals surface area (Å²) in [6, 6.07) is 12.0. The van der Waals surface area contributed by atoms with Gasteiger partial charge in [-0.25, -0.2) is 0 Å². The predicted molar refractivity (Wildman–Crippen MR) is 73.8 cm³/mol. The second-order valence-electron chi connectivity index (χ2n) is 4.38. The van der Waals surface area contributed by atoms with E-state index < -0.39 is 0 Å². The van der Waals surface area contributed by atoms with E-state index in [2.05, 4.69) is 10.3 Å². The van der Waals surface area contributed by atoms with Crippen molar-refractivity contribution < 1.29 is 4.74 Å². The summed E-state index contributed by atoms with van der Waals surface area (Å²) >= 11 is 0. The first-order valence-electron chi connectivity index (χ1n) is 6.14. The summed E-state index contributed by atoms with van der Waals surface area (Å²) in [6.45, 7) is 4.79. The topological polar surface area (TPSA) is 34.1 Å². The fraction of sp³-hybridized carbons (Fsp3) is 0.267. The van der Waals surface area contributed by atoms with Crippen molar-refractivity contribution in [3.63, 3.8) is 0 Å². The minimum Gasteiger partial charge on any atom is -0.489 e. The van der Waals surface area contributed by atoms with Crippen LogP contribution < -0.4 is 10.1 Å². The summed E-state index contributed by atoms with van der Waals surface area (Å²) in [5.74, 6) is 0.886. The molecule has 1 heterocycles. The maximum Gasteiger partial charge on any atom is 0.142 e. The Hall–Kier alpha value is -2.03. The Morgan fingerprint density at radius 3 is 2.72 bits per heavy atom. The van der Waals surface area contributed by atoms with Crippen molar-refractivity contribution in [1.82, 2.24) is 4.98 Å². The van der Waals surface area contributed by atoms with E-state index in [1.807, 2.05) is 56.4 Å². The second-order valence-corrected chi connectivity index (χ2v) is 4.38. The van der Waals surface area contributed by atoms with Crippen molar-refractivity contribution >= 4 is 5.69 Å². The van der Waals surface area contributed by atoms with Crippen LogP contribution in [0.3, 0.4) is 0 Å². The molecule has 0 spiro atoms. The van der Waals surface area contributed by atoms with Gasteiger partial charge in [-0.1, -0.05) is 18.2 Å². The van der Waals surface area contributed by atoms with Crippen molar-refractivity contribution in [3.8, 4) is 5.75 Å². The highest BCUT2D eigenvalue weighted by Crippen LogP contribution is 2.25. The summed E-state index contributed by atoms with van der Waals surface area (Å²) in [4.78, 5) is 4.10. The fourth-order valence-electron chi connectivity index (χ4n) is 1.67. The highest BCUT2D eigenvalue weighted by molar-refractivity contribution is 5.56. The molecule has 0 aliphatic heterocycles. The van der Waals surface area contributed by atoms with Crippen LogP contribution in [0.2, 0.25) is 0 Å². The molecule has 0 aliphatic rings. The van der Waals surface area contributed by atoms with Crippen molar-refractivity contribution in [2.24, 2.45) is 0 Å². The van der Waals surface area contributed by atoms with E-state index >= 15 is 0 Å². The number of hydrogen-bond donors (Lipinski definition) is 1. The van der Waals surface area contributed by atoms with Gasteiger partial charge in [0, 0.05) is 18.9 Å². The van der Waals surface area contributed by atoms with Gasteiger partial charge in [-0.3, -0.25) is 4.98 Å². The fourth-order valence-corrected chi connectivity index (χ4v) is 1.67. The van der Waals surface area contributed by atoms with E-state index in [4.69, 9.17) is 4.74 Å². The predicted octanol–water partition coefficient (Wildman–Crippen LogP) is 3.48. The highest BCUT2D eigenvalue weighted by Gasteiger charge is 2.04. The quantitative estimate of drug-likeness (QED) is 0.871. The maximum absolute atomic E-state index is 5.76. The Kier molecular flexibility index (Phi) is 4.18. The molecule has 3 heteroatoms. The van der Waals surface area contributed by atoms with E-state index in [0.717, 1.165) is 23.5 Å². The molecule has 3 nitrogen and oxygen atoms in total. The number of ether oxygens (including phenoxy) is 1. The van der Waals surface area contributed by atoms with Crippen LogP contribution >= 0.6 is 0 Å². The molecule has 0 amide bonds. The van der Waals surface area contributed by atoms with Gasteiger partial charge in [0.2, 0.25) is 0 Å². The summed E-state index contributed by atoms with van der Waals surface area (Å²) in [5.41, 5.74) is 2.16. The number of para-hydroxylation sites is 2. The largest absolute Gasteiger partial charge is 0.489 e. The Labute approximate surface area is 108 Å². The summed E-state index contributed by atoms with van der Waals surface area (Å²) < 4.78 is 5.76. The number of nitrogens with zero attached hydrogens (tertiary/aromatic N) is 1. The monoisotopic (exact) mass is 242 g/mol. The lowest BCUT2D eigenvalue weighted by atomic mass is 10.2. The zero-order chi connectivity index (χ0) is 12.8. The normalized spacial score (nSPS) is 10.4. The zero-order valence-corrected chi connectivity index (χ0v) is 10.8. The third kappa shape index (κ3) is 3.48. The third-order valence-corrected chi connectivity index (χ3v) is 2.46. The van der Waals surface area contributed by atoms with Crippen LogP contribution in [0.5, 0.6) is 5.75 Å². The van der Waals surface area contributed by atoms with Gasteiger partial charge >= 0.3 is 0 Å². The number of rotatable bonds is 5. The van der Waals surface area contributed by atoms with Gasteiger partial charge in [0.15, 0.2) is 0 Å². The first-order chi connectivity index (χ1) is 8.75. The Bertz CT molecular complexity index is 483. The van der Waals surface area contributed by atoms with E-state index in [0.29, 0.717) is 0 Å². The highest BCUT2D eigenvalue weighted by atomic mass is 16.5. The van der Waals surface area contributed by atoms with Crippen molar-refractivity contribution in [1.29, 1.82) is 0 Å². The van der Waals surface area contributed by atoms with E-state index in [1.165, 1.54) is 0 Å². The molecular weight excluding hydrogens is 224 g/mol. The molecule has 2 aromatic rings. The molecule has 1 N–H and O–H groups in total. The molecule has 0 unspecified atom stereocenters. The van der Waals surface area contributed by atoms with Crippen LogP contribution in [-0.2, 0) is 6.54 Å². The zero-order valence-electron chi connectivity index (χ0n) is 10.8. The van der Waals surface area contributed by atoms with Crippen molar-refractivity contribution in [2.45, 2.75) is 26.5 Å². The molecule has 1 aromatic heterocycles. The van der Waals surface area contributed by atoms with Gasteiger partial charge in [-0.05, 0) is 37.6 Å². The molecule has 0 bridgehead atoms. The molecular formula is C15H18N2O. The number of benzene rings is 1. The summed E-state index contributed by atoms with van der Waals surface area (Å²) in [7, 11) is 0. The number of pyridine rings is 1. The van der Waals surface area contributed by atoms with Gasteiger partial charge < -0.3 is 10.1 Å². The Morgan fingerprint density at radius 2 is 2.00 bits per heavy atom. The maximum atomic E-state index is 5.76. The van der Waals surface area contributed by atoms with Gasteiger partial charge in [-0.2, -0.15) is 0 Å². The van der Waals surface area contributed by atoms with Crippen LogP contribution in [0.4, 0.5) is 5.69 Å². The molecule has 94 valence electrons. The number of anilines is 1. The standard InChI is InChI=1S/C15H18N2O/c1-12(2)18-15-8-4-3-7-14(15)17-11-13-6-5-9-16-10-13/h3-10,12,17H,11H2,1-2H3. The average molecular weight is 242 g/mol. The minimum absolute atomic E-state index is 0.173. The minimum atomic E-state index is 0.173. The SMILES string of the molecule is CC(C)Oc1ccccc1NCc1cccnc1. The number of nitrogens with one attached hydrogen (secondary N) is 1. The lowest BCUT2D eigenvalue weighted by Crippen LogP contribution is -2.08. The summed E-state index contributed by atoms with van der Waals surface area (Å²) in [5, 5.41) is 3.37. The van der Waals surface area contributed by atoms with Crippen LogP contribution in [0.1, 0.15) is 19.4 Å². The van der Waals surface area contributed by atoms with Crippen LogP contribution in [0.15, 0.2) is 48.8 Å². The van der Waals surface area contributed by atoms with Crippen molar-refractivity contribution in [3.05, 3.63) is 54.4 Å². The molecule has 0 atom stereocenters. The molecule has 1 aromatic carbocycles. The average Bonchev–Trinajstić information content (AvgIpc) is 2.38. The Morgan fingerprint density at radius 1 is 1.17 bits per heavy atom. The molecule has 2 rings (SSSR count). The van der Waals surface area contributed by atoms with E-state index in [1.54, 1.807) is 6.20 Å².